The predicted octanol–water partition coefficient (Wildman–Crippen LogP) is 4.52. The fourth-order valence-corrected chi connectivity index (χ4v) is 2.85. The summed E-state index contributed by atoms with van der Waals surface area (Å²) in [5.41, 5.74) is 8.47. The van der Waals surface area contributed by atoms with Crippen LogP contribution in [0.25, 0.3) is 16.7 Å². The van der Waals surface area contributed by atoms with Crippen LogP contribution in [0.3, 0.4) is 0 Å². The number of nitrogens with zero attached hydrogens (tertiary/aromatic N) is 2. The van der Waals surface area contributed by atoms with Gasteiger partial charge in [-0.3, -0.25) is 4.57 Å². The van der Waals surface area contributed by atoms with Crippen molar-refractivity contribution in [2.24, 2.45) is 0 Å². The fourth-order valence-electron chi connectivity index (χ4n) is 1.99. The van der Waals surface area contributed by atoms with Crippen LogP contribution in [0.15, 0.2) is 36.4 Å². The molecule has 1 heterocycles. The van der Waals surface area contributed by atoms with E-state index in [2.05, 4.69) is 27.6 Å². The molecular weight excluding hydrogens is 396 g/mol. The van der Waals surface area contributed by atoms with Crippen molar-refractivity contribution in [2.45, 2.75) is 0 Å². The van der Waals surface area contributed by atoms with Crippen molar-refractivity contribution in [1.29, 1.82) is 0 Å². The molecule has 0 aliphatic carbocycles. The minimum atomic E-state index is 0.390. The molecule has 0 fully saturated rings. The van der Waals surface area contributed by atoms with Crippen molar-refractivity contribution in [3.63, 3.8) is 0 Å². The number of aromatic nitrogens is 2. The summed E-state index contributed by atoms with van der Waals surface area (Å²) in [5.74, 6) is 0.390. The highest BCUT2D eigenvalue weighted by molar-refractivity contribution is 14.1. The number of fused-ring (bicyclic) bond motifs is 1. The number of hydrogen-bond acceptors (Lipinski definition) is 2. The van der Waals surface area contributed by atoms with E-state index >= 15 is 0 Å². The molecule has 96 valence electrons. The van der Waals surface area contributed by atoms with Crippen molar-refractivity contribution >= 4 is 62.8 Å². The highest BCUT2D eigenvalue weighted by atomic mass is 127. The molecule has 19 heavy (non-hydrogen) atoms. The third kappa shape index (κ3) is 2.17. The van der Waals surface area contributed by atoms with Crippen molar-refractivity contribution in [2.75, 3.05) is 5.73 Å². The third-order valence-corrected chi connectivity index (χ3v) is 4.29. The van der Waals surface area contributed by atoms with E-state index in [0.29, 0.717) is 16.0 Å². The van der Waals surface area contributed by atoms with Gasteiger partial charge < -0.3 is 5.73 Å². The fraction of sp³-hybridized carbons (Fsp3) is 0. The van der Waals surface area contributed by atoms with E-state index in [9.17, 15) is 0 Å². The average Bonchev–Trinajstić information content (AvgIpc) is 2.68. The highest BCUT2D eigenvalue weighted by Gasteiger charge is 2.14. The first kappa shape index (κ1) is 13.0. The van der Waals surface area contributed by atoms with Gasteiger partial charge in [0.1, 0.15) is 0 Å². The van der Waals surface area contributed by atoms with Crippen LogP contribution in [0.1, 0.15) is 0 Å². The molecule has 0 radical (unpaired) electrons. The van der Waals surface area contributed by atoms with Crippen LogP contribution < -0.4 is 5.73 Å². The summed E-state index contributed by atoms with van der Waals surface area (Å²) in [7, 11) is 0. The number of nitrogen functional groups attached to an aromatic ring is 1. The van der Waals surface area contributed by atoms with Crippen LogP contribution in [-0.4, -0.2) is 9.55 Å². The molecular formula is C13H8Cl2IN3. The molecule has 0 aliphatic heterocycles. The minimum Gasteiger partial charge on any atom is -0.369 e. The Morgan fingerprint density at radius 1 is 1.16 bits per heavy atom. The zero-order valence-corrected chi connectivity index (χ0v) is 13.2. The Labute approximate surface area is 133 Å². The Hall–Kier alpha value is -0.980. The number of benzene rings is 2. The van der Waals surface area contributed by atoms with Crippen LogP contribution >= 0.6 is 45.8 Å². The first-order valence-electron chi connectivity index (χ1n) is 5.46. The molecule has 0 spiro atoms. The van der Waals surface area contributed by atoms with Gasteiger partial charge in [-0.1, -0.05) is 29.3 Å². The Morgan fingerprint density at radius 3 is 2.74 bits per heavy atom. The second-order valence-electron chi connectivity index (χ2n) is 4.01. The van der Waals surface area contributed by atoms with Gasteiger partial charge in [0.25, 0.3) is 0 Å². The van der Waals surface area contributed by atoms with Gasteiger partial charge in [-0.2, -0.15) is 0 Å². The lowest BCUT2D eigenvalue weighted by Crippen LogP contribution is -2.01. The van der Waals surface area contributed by atoms with Gasteiger partial charge in [0.15, 0.2) is 0 Å². The van der Waals surface area contributed by atoms with Gasteiger partial charge >= 0.3 is 0 Å². The third-order valence-electron chi connectivity index (χ3n) is 2.81. The summed E-state index contributed by atoms with van der Waals surface area (Å²) < 4.78 is 2.91. The Bertz CT molecular complexity index is 783. The maximum atomic E-state index is 6.25. The monoisotopic (exact) mass is 403 g/mol. The minimum absolute atomic E-state index is 0.390. The van der Waals surface area contributed by atoms with Crippen molar-refractivity contribution in [1.82, 2.24) is 9.55 Å². The number of imidazole rings is 1. The number of halogens is 3. The van der Waals surface area contributed by atoms with E-state index in [4.69, 9.17) is 28.9 Å². The van der Waals surface area contributed by atoms with E-state index in [-0.39, 0.29) is 0 Å². The Morgan fingerprint density at radius 2 is 1.95 bits per heavy atom. The molecule has 0 saturated carbocycles. The van der Waals surface area contributed by atoms with Gasteiger partial charge in [-0.15, -0.1) is 0 Å². The number of hydrogen-bond donors (Lipinski definition) is 1. The van der Waals surface area contributed by atoms with Crippen LogP contribution in [0.5, 0.6) is 0 Å². The summed E-state index contributed by atoms with van der Waals surface area (Å²) >= 11 is 14.5. The number of rotatable bonds is 1. The summed E-state index contributed by atoms with van der Waals surface area (Å²) in [6, 6.07) is 11.4. The molecule has 0 amide bonds. The van der Waals surface area contributed by atoms with Gasteiger partial charge in [0, 0.05) is 3.57 Å². The quantitative estimate of drug-likeness (QED) is 0.607. The standard InChI is InChI=1S/C13H8Cl2IN3/c14-8-2-1-3-11(12(8)15)19-10-5-4-7(16)6-9(10)18-13(19)17/h1-6H,(H2,17,18). The maximum Gasteiger partial charge on any atom is 0.205 e. The first-order valence-corrected chi connectivity index (χ1v) is 7.29. The van der Waals surface area contributed by atoms with Crippen LogP contribution in [-0.2, 0) is 0 Å². The normalized spacial score (nSPS) is 11.1. The molecule has 0 unspecified atom stereocenters. The SMILES string of the molecule is Nc1nc2cc(I)ccc2n1-c1cccc(Cl)c1Cl. The van der Waals surface area contributed by atoms with Gasteiger partial charge in [-0.25, -0.2) is 4.98 Å². The van der Waals surface area contributed by atoms with E-state index < -0.39 is 0 Å². The maximum absolute atomic E-state index is 6.25. The smallest absolute Gasteiger partial charge is 0.205 e. The lowest BCUT2D eigenvalue weighted by Gasteiger charge is -2.09. The van der Waals surface area contributed by atoms with Crippen molar-refractivity contribution < 1.29 is 0 Å². The molecule has 0 saturated heterocycles. The molecule has 0 bridgehead atoms. The average molecular weight is 404 g/mol. The largest absolute Gasteiger partial charge is 0.369 e. The van der Waals surface area contributed by atoms with Crippen molar-refractivity contribution in [3.05, 3.63) is 50.0 Å². The Balaban J connectivity index is 2.36. The zero-order chi connectivity index (χ0) is 13.6. The second-order valence-corrected chi connectivity index (χ2v) is 6.04. The van der Waals surface area contributed by atoms with E-state index in [1.54, 1.807) is 10.6 Å². The lowest BCUT2D eigenvalue weighted by atomic mass is 10.3. The van der Waals surface area contributed by atoms with Crippen LogP contribution in [0.2, 0.25) is 10.0 Å². The second kappa shape index (κ2) is 4.85. The topological polar surface area (TPSA) is 43.8 Å². The summed E-state index contributed by atoms with van der Waals surface area (Å²) in [4.78, 5) is 4.36. The number of anilines is 1. The summed E-state index contributed by atoms with van der Waals surface area (Å²) in [5, 5.41) is 0.958. The van der Waals surface area contributed by atoms with Crippen LogP contribution in [0, 0.1) is 3.57 Å². The molecule has 3 aromatic rings. The molecule has 2 aromatic carbocycles. The van der Waals surface area contributed by atoms with Crippen molar-refractivity contribution in [3.8, 4) is 5.69 Å². The first-order chi connectivity index (χ1) is 9.08. The number of nitrogens with two attached hydrogens (primary N) is 1. The predicted molar refractivity (Wildman–Crippen MR) is 88.2 cm³/mol. The van der Waals surface area contributed by atoms with Crippen LogP contribution in [0.4, 0.5) is 5.95 Å². The lowest BCUT2D eigenvalue weighted by molar-refractivity contribution is 1.11. The summed E-state index contributed by atoms with van der Waals surface area (Å²) in [6.07, 6.45) is 0. The molecule has 6 heteroatoms. The highest BCUT2D eigenvalue weighted by Crippen LogP contribution is 2.32. The molecule has 1 aromatic heterocycles. The summed E-state index contributed by atoms with van der Waals surface area (Å²) in [6.45, 7) is 0. The van der Waals surface area contributed by atoms with Gasteiger partial charge in [-0.05, 0) is 52.9 Å². The van der Waals surface area contributed by atoms with E-state index in [0.717, 1.165) is 20.3 Å². The molecule has 0 atom stereocenters. The van der Waals surface area contributed by atoms with Gasteiger partial charge in [0.2, 0.25) is 5.95 Å². The van der Waals surface area contributed by atoms with E-state index in [1.807, 2.05) is 30.3 Å². The molecule has 3 nitrogen and oxygen atoms in total. The molecule has 0 aliphatic rings. The van der Waals surface area contributed by atoms with E-state index in [1.165, 1.54) is 0 Å². The molecule has 3 rings (SSSR count). The Kier molecular flexibility index (Phi) is 3.32. The molecule has 2 N–H and O–H groups in total. The zero-order valence-electron chi connectivity index (χ0n) is 9.57. The van der Waals surface area contributed by atoms with Gasteiger partial charge in [0.05, 0.1) is 26.8 Å².